The van der Waals surface area contributed by atoms with Crippen LogP contribution in [-0.4, -0.2) is 37.0 Å². The Hall–Kier alpha value is -1.35. The van der Waals surface area contributed by atoms with Crippen molar-refractivity contribution in [1.82, 2.24) is 10.2 Å². The lowest BCUT2D eigenvalue weighted by molar-refractivity contribution is -0.132. The van der Waals surface area contributed by atoms with Crippen LogP contribution in [0.3, 0.4) is 0 Å². The summed E-state index contributed by atoms with van der Waals surface area (Å²) >= 11 is 0. The first-order valence-electron chi connectivity index (χ1n) is 7.19. The highest BCUT2D eigenvalue weighted by molar-refractivity contribution is 5.76. The molecule has 1 aromatic rings. The quantitative estimate of drug-likeness (QED) is 0.898. The highest BCUT2D eigenvalue weighted by Gasteiger charge is 2.18. The van der Waals surface area contributed by atoms with Crippen molar-refractivity contribution in [2.75, 3.05) is 26.2 Å². The molecule has 1 unspecified atom stereocenters. The second-order valence-electron chi connectivity index (χ2n) is 5.63. The van der Waals surface area contributed by atoms with Gasteiger partial charge in [0, 0.05) is 32.6 Å². The van der Waals surface area contributed by atoms with Crippen LogP contribution in [0.1, 0.15) is 24.5 Å². The SMILES string of the molecule is Cc1ccc(CC(C)CC(=O)N2CCNCC2)cc1. The van der Waals surface area contributed by atoms with E-state index >= 15 is 0 Å². The van der Waals surface area contributed by atoms with Gasteiger partial charge in [-0.1, -0.05) is 36.8 Å². The first kappa shape index (κ1) is 14.1. The van der Waals surface area contributed by atoms with Crippen LogP contribution >= 0.6 is 0 Å². The van der Waals surface area contributed by atoms with E-state index in [-0.39, 0.29) is 0 Å². The van der Waals surface area contributed by atoms with Gasteiger partial charge in [-0.25, -0.2) is 0 Å². The predicted molar refractivity (Wildman–Crippen MR) is 78.1 cm³/mol. The van der Waals surface area contributed by atoms with E-state index in [1.54, 1.807) is 0 Å². The van der Waals surface area contributed by atoms with Crippen molar-refractivity contribution in [2.45, 2.75) is 26.7 Å². The largest absolute Gasteiger partial charge is 0.340 e. The maximum absolute atomic E-state index is 12.2. The molecule has 1 aromatic carbocycles. The molecule has 1 aliphatic rings. The second-order valence-corrected chi connectivity index (χ2v) is 5.63. The van der Waals surface area contributed by atoms with E-state index in [9.17, 15) is 4.79 Å². The molecule has 1 fully saturated rings. The number of rotatable bonds is 4. The zero-order valence-electron chi connectivity index (χ0n) is 12.0. The van der Waals surface area contributed by atoms with Crippen LogP contribution in [0.4, 0.5) is 0 Å². The van der Waals surface area contributed by atoms with Crippen molar-refractivity contribution in [3.63, 3.8) is 0 Å². The van der Waals surface area contributed by atoms with Gasteiger partial charge < -0.3 is 10.2 Å². The summed E-state index contributed by atoms with van der Waals surface area (Å²) < 4.78 is 0. The Morgan fingerprint density at radius 3 is 2.53 bits per heavy atom. The van der Waals surface area contributed by atoms with Gasteiger partial charge in [0.25, 0.3) is 0 Å². The first-order chi connectivity index (χ1) is 9.15. The van der Waals surface area contributed by atoms with Crippen LogP contribution in [-0.2, 0) is 11.2 Å². The van der Waals surface area contributed by atoms with E-state index in [0.717, 1.165) is 32.6 Å². The number of carbonyl (C=O) groups excluding carboxylic acids is 1. The van der Waals surface area contributed by atoms with E-state index in [2.05, 4.69) is 43.4 Å². The topological polar surface area (TPSA) is 32.3 Å². The van der Waals surface area contributed by atoms with E-state index in [1.165, 1.54) is 11.1 Å². The average molecular weight is 260 g/mol. The number of piperazine rings is 1. The number of amides is 1. The Balaban J connectivity index is 1.81. The number of nitrogens with zero attached hydrogens (tertiary/aromatic N) is 1. The monoisotopic (exact) mass is 260 g/mol. The summed E-state index contributed by atoms with van der Waals surface area (Å²) in [6, 6.07) is 8.61. The standard InChI is InChI=1S/C16H24N2O/c1-13-3-5-15(6-4-13)11-14(2)12-16(19)18-9-7-17-8-10-18/h3-6,14,17H,7-12H2,1-2H3. The molecule has 0 aromatic heterocycles. The average Bonchev–Trinajstić information content (AvgIpc) is 2.42. The summed E-state index contributed by atoms with van der Waals surface area (Å²) in [7, 11) is 0. The van der Waals surface area contributed by atoms with E-state index in [0.29, 0.717) is 18.2 Å². The molecular weight excluding hydrogens is 236 g/mol. The number of aryl methyl sites for hydroxylation is 1. The zero-order valence-corrected chi connectivity index (χ0v) is 12.0. The molecule has 1 atom stereocenters. The lowest BCUT2D eigenvalue weighted by Gasteiger charge is -2.28. The Morgan fingerprint density at radius 2 is 1.89 bits per heavy atom. The minimum Gasteiger partial charge on any atom is -0.340 e. The van der Waals surface area contributed by atoms with Crippen LogP contribution in [0.5, 0.6) is 0 Å². The van der Waals surface area contributed by atoms with Gasteiger partial charge in [0.05, 0.1) is 0 Å². The van der Waals surface area contributed by atoms with Gasteiger partial charge in [-0.15, -0.1) is 0 Å². The van der Waals surface area contributed by atoms with Crippen molar-refractivity contribution >= 4 is 5.91 Å². The summed E-state index contributed by atoms with van der Waals surface area (Å²) in [5.74, 6) is 0.714. The molecule has 2 rings (SSSR count). The van der Waals surface area contributed by atoms with Crippen LogP contribution in [0.15, 0.2) is 24.3 Å². The summed E-state index contributed by atoms with van der Waals surface area (Å²) in [5, 5.41) is 3.27. The normalized spacial score (nSPS) is 17.3. The Bertz CT molecular complexity index is 407. The molecule has 0 spiro atoms. The van der Waals surface area contributed by atoms with Crippen LogP contribution < -0.4 is 5.32 Å². The number of carbonyl (C=O) groups is 1. The van der Waals surface area contributed by atoms with Gasteiger partial charge in [0.1, 0.15) is 0 Å². The number of benzene rings is 1. The van der Waals surface area contributed by atoms with Gasteiger partial charge in [-0.05, 0) is 24.8 Å². The van der Waals surface area contributed by atoms with Crippen molar-refractivity contribution in [3.8, 4) is 0 Å². The Morgan fingerprint density at radius 1 is 1.26 bits per heavy atom. The molecule has 3 nitrogen and oxygen atoms in total. The molecule has 0 aliphatic carbocycles. The summed E-state index contributed by atoms with van der Waals surface area (Å²) in [4.78, 5) is 14.1. The fraction of sp³-hybridized carbons (Fsp3) is 0.562. The van der Waals surface area contributed by atoms with E-state index in [4.69, 9.17) is 0 Å². The molecule has 1 amide bonds. The summed E-state index contributed by atoms with van der Waals surface area (Å²) in [5.41, 5.74) is 2.61. The molecular formula is C16H24N2O. The third-order valence-corrected chi connectivity index (χ3v) is 3.70. The maximum Gasteiger partial charge on any atom is 0.222 e. The lowest BCUT2D eigenvalue weighted by atomic mass is 9.97. The molecule has 0 saturated carbocycles. The predicted octanol–water partition coefficient (Wildman–Crippen LogP) is 2.00. The van der Waals surface area contributed by atoms with Gasteiger partial charge >= 0.3 is 0 Å². The lowest BCUT2D eigenvalue weighted by Crippen LogP contribution is -2.46. The van der Waals surface area contributed by atoms with Crippen molar-refractivity contribution in [1.29, 1.82) is 0 Å². The van der Waals surface area contributed by atoms with E-state index in [1.807, 2.05) is 4.90 Å². The van der Waals surface area contributed by atoms with Crippen molar-refractivity contribution in [3.05, 3.63) is 35.4 Å². The zero-order chi connectivity index (χ0) is 13.7. The van der Waals surface area contributed by atoms with Crippen LogP contribution in [0, 0.1) is 12.8 Å². The minimum atomic E-state index is 0.307. The van der Waals surface area contributed by atoms with Gasteiger partial charge in [0.15, 0.2) is 0 Å². The van der Waals surface area contributed by atoms with Gasteiger partial charge in [-0.2, -0.15) is 0 Å². The van der Waals surface area contributed by atoms with Gasteiger partial charge in [-0.3, -0.25) is 4.79 Å². The molecule has 1 saturated heterocycles. The molecule has 0 bridgehead atoms. The molecule has 19 heavy (non-hydrogen) atoms. The molecule has 1 aliphatic heterocycles. The van der Waals surface area contributed by atoms with Crippen molar-refractivity contribution in [2.24, 2.45) is 5.92 Å². The molecule has 3 heteroatoms. The minimum absolute atomic E-state index is 0.307. The Kier molecular flexibility index (Phi) is 4.97. The summed E-state index contributed by atoms with van der Waals surface area (Å²) in [6.45, 7) is 7.84. The highest BCUT2D eigenvalue weighted by Crippen LogP contribution is 2.14. The Labute approximate surface area is 116 Å². The van der Waals surface area contributed by atoms with E-state index < -0.39 is 0 Å². The third kappa shape index (κ3) is 4.35. The smallest absolute Gasteiger partial charge is 0.222 e. The van der Waals surface area contributed by atoms with Gasteiger partial charge in [0.2, 0.25) is 5.91 Å². The summed E-state index contributed by atoms with van der Waals surface area (Å²) in [6.07, 6.45) is 1.64. The number of nitrogens with one attached hydrogen (secondary N) is 1. The maximum atomic E-state index is 12.2. The third-order valence-electron chi connectivity index (χ3n) is 3.70. The second kappa shape index (κ2) is 6.71. The number of hydrogen-bond donors (Lipinski definition) is 1. The fourth-order valence-electron chi connectivity index (χ4n) is 2.54. The van der Waals surface area contributed by atoms with Crippen LogP contribution in [0.2, 0.25) is 0 Å². The first-order valence-corrected chi connectivity index (χ1v) is 7.19. The fourth-order valence-corrected chi connectivity index (χ4v) is 2.54. The molecule has 1 heterocycles. The highest BCUT2D eigenvalue weighted by atomic mass is 16.2. The van der Waals surface area contributed by atoms with Crippen LogP contribution in [0.25, 0.3) is 0 Å². The number of hydrogen-bond acceptors (Lipinski definition) is 2. The van der Waals surface area contributed by atoms with Crippen molar-refractivity contribution < 1.29 is 4.79 Å². The molecule has 104 valence electrons. The molecule has 1 N–H and O–H groups in total. The molecule has 0 radical (unpaired) electrons.